The summed E-state index contributed by atoms with van der Waals surface area (Å²) in [6.07, 6.45) is 0. The fourth-order valence-corrected chi connectivity index (χ4v) is 3.69. The molecule has 6 heteroatoms. The highest BCUT2D eigenvalue weighted by Gasteiger charge is 2.10. The Kier molecular flexibility index (Phi) is 4.57. The topological polar surface area (TPSA) is 37.8 Å². The van der Waals surface area contributed by atoms with Crippen LogP contribution in [0.1, 0.15) is 5.69 Å². The summed E-state index contributed by atoms with van der Waals surface area (Å²) in [4.78, 5) is 9.20. The molecule has 3 nitrogen and oxygen atoms in total. The molecule has 0 saturated carbocycles. The Hall–Kier alpha value is -2.14. The van der Waals surface area contributed by atoms with Gasteiger partial charge in [0.15, 0.2) is 0 Å². The number of rotatable bonds is 3. The van der Waals surface area contributed by atoms with Crippen LogP contribution >= 0.6 is 39.1 Å². The van der Waals surface area contributed by atoms with Crippen LogP contribution in [-0.4, -0.2) is 9.97 Å². The molecule has 0 unspecified atom stereocenters. The maximum absolute atomic E-state index is 6.27. The van der Waals surface area contributed by atoms with E-state index in [1.165, 1.54) is 0 Å². The van der Waals surface area contributed by atoms with Gasteiger partial charge in [0, 0.05) is 15.2 Å². The minimum Gasteiger partial charge on any atom is -0.352 e. The van der Waals surface area contributed by atoms with Crippen molar-refractivity contribution in [1.82, 2.24) is 9.97 Å². The molecule has 0 aliphatic heterocycles. The molecule has 4 rings (SSSR count). The van der Waals surface area contributed by atoms with Crippen molar-refractivity contribution in [3.63, 3.8) is 0 Å². The lowest BCUT2D eigenvalue weighted by atomic mass is 10.1. The van der Waals surface area contributed by atoms with Gasteiger partial charge in [-0.25, -0.2) is 9.97 Å². The predicted molar refractivity (Wildman–Crippen MR) is 114 cm³/mol. The SMILES string of the molecule is C=C(Nc1c(Cl)cccc1Br)c1ccc2ccc3ccc(Cl)nc3c2n1. The van der Waals surface area contributed by atoms with Gasteiger partial charge in [0.1, 0.15) is 5.15 Å². The number of anilines is 1. The average molecular weight is 445 g/mol. The van der Waals surface area contributed by atoms with Gasteiger partial charge in [-0.2, -0.15) is 0 Å². The highest BCUT2D eigenvalue weighted by atomic mass is 79.9. The van der Waals surface area contributed by atoms with E-state index >= 15 is 0 Å². The number of nitrogens with zero attached hydrogens (tertiary/aromatic N) is 2. The number of nitrogens with one attached hydrogen (secondary N) is 1. The van der Waals surface area contributed by atoms with E-state index in [1.807, 2.05) is 48.5 Å². The van der Waals surface area contributed by atoms with Crippen LogP contribution in [0.3, 0.4) is 0 Å². The van der Waals surface area contributed by atoms with E-state index in [0.29, 0.717) is 21.6 Å². The zero-order valence-electron chi connectivity index (χ0n) is 13.4. The molecule has 0 bridgehead atoms. The molecule has 0 amide bonds. The van der Waals surface area contributed by atoms with Gasteiger partial charge in [-0.05, 0) is 46.3 Å². The molecular weight excluding hydrogens is 433 g/mol. The Labute approximate surface area is 168 Å². The maximum atomic E-state index is 6.27. The van der Waals surface area contributed by atoms with Crippen LogP contribution in [0.4, 0.5) is 5.69 Å². The first-order chi connectivity index (χ1) is 12.5. The minimum absolute atomic E-state index is 0.439. The van der Waals surface area contributed by atoms with Crippen molar-refractivity contribution in [2.75, 3.05) is 5.32 Å². The molecule has 26 heavy (non-hydrogen) atoms. The molecule has 2 aromatic heterocycles. The number of benzene rings is 2. The molecular formula is C20H12BrCl2N3. The average Bonchev–Trinajstić information content (AvgIpc) is 2.64. The van der Waals surface area contributed by atoms with E-state index in [1.54, 1.807) is 6.07 Å². The van der Waals surface area contributed by atoms with Crippen LogP contribution in [0.25, 0.3) is 27.5 Å². The summed E-state index contributed by atoms with van der Waals surface area (Å²) in [7, 11) is 0. The van der Waals surface area contributed by atoms with Gasteiger partial charge < -0.3 is 5.32 Å². The molecule has 0 fully saturated rings. The summed E-state index contributed by atoms with van der Waals surface area (Å²) in [6.45, 7) is 4.11. The summed E-state index contributed by atoms with van der Waals surface area (Å²) in [5.41, 5.74) is 3.64. The number of aromatic nitrogens is 2. The lowest BCUT2D eigenvalue weighted by Gasteiger charge is -2.13. The van der Waals surface area contributed by atoms with Crippen LogP contribution in [0.2, 0.25) is 10.2 Å². The zero-order chi connectivity index (χ0) is 18.3. The van der Waals surface area contributed by atoms with Crippen molar-refractivity contribution in [2.45, 2.75) is 0 Å². The smallest absolute Gasteiger partial charge is 0.129 e. The normalized spacial score (nSPS) is 11.0. The molecule has 0 radical (unpaired) electrons. The van der Waals surface area contributed by atoms with Crippen molar-refractivity contribution in [3.05, 3.63) is 81.5 Å². The molecule has 128 valence electrons. The molecule has 2 aromatic carbocycles. The van der Waals surface area contributed by atoms with Crippen LogP contribution < -0.4 is 5.32 Å². The Morgan fingerprint density at radius 1 is 0.885 bits per heavy atom. The van der Waals surface area contributed by atoms with Crippen molar-refractivity contribution in [2.24, 2.45) is 0 Å². The second-order valence-electron chi connectivity index (χ2n) is 5.74. The van der Waals surface area contributed by atoms with E-state index in [4.69, 9.17) is 28.2 Å². The van der Waals surface area contributed by atoms with Gasteiger partial charge in [-0.15, -0.1) is 0 Å². The quantitative estimate of drug-likeness (QED) is 0.275. The molecule has 0 aliphatic carbocycles. The first-order valence-corrected chi connectivity index (χ1v) is 9.34. The second-order valence-corrected chi connectivity index (χ2v) is 7.39. The minimum atomic E-state index is 0.439. The number of para-hydroxylation sites is 1. The summed E-state index contributed by atoms with van der Waals surface area (Å²) in [5.74, 6) is 0. The molecule has 1 N–H and O–H groups in total. The molecule has 2 heterocycles. The monoisotopic (exact) mass is 443 g/mol. The third kappa shape index (κ3) is 3.16. The lowest BCUT2D eigenvalue weighted by Crippen LogP contribution is -2.01. The van der Waals surface area contributed by atoms with Crippen LogP contribution in [-0.2, 0) is 0 Å². The van der Waals surface area contributed by atoms with Gasteiger partial charge in [0.2, 0.25) is 0 Å². The maximum Gasteiger partial charge on any atom is 0.129 e. The Bertz CT molecular complexity index is 1150. The van der Waals surface area contributed by atoms with Gasteiger partial charge in [0.25, 0.3) is 0 Å². The summed E-state index contributed by atoms with van der Waals surface area (Å²) in [6, 6.07) is 17.2. The Morgan fingerprint density at radius 2 is 1.54 bits per heavy atom. The molecule has 0 aliphatic rings. The van der Waals surface area contributed by atoms with Crippen molar-refractivity contribution in [1.29, 1.82) is 0 Å². The van der Waals surface area contributed by atoms with Crippen LogP contribution in [0.5, 0.6) is 0 Å². The van der Waals surface area contributed by atoms with E-state index < -0.39 is 0 Å². The Morgan fingerprint density at radius 3 is 2.27 bits per heavy atom. The van der Waals surface area contributed by atoms with E-state index in [0.717, 1.165) is 32.0 Å². The summed E-state index contributed by atoms with van der Waals surface area (Å²) >= 11 is 15.8. The largest absolute Gasteiger partial charge is 0.352 e. The van der Waals surface area contributed by atoms with Gasteiger partial charge in [0.05, 0.1) is 33.1 Å². The molecule has 0 spiro atoms. The van der Waals surface area contributed by atoms with E-state index in [2.05, 4.69) is 32.8 Å². The summed E-state index contributed by atoms with van der Waals surface area (Å²) < 4.78 is 0.853. The van der Waals surface area contributed by atoms with Crippen molar-refractivity contribution >= 4 is 72.3 Å². The second kappa shape index (κ2) is 6.88. The first-order valence-electron chi connectivity index (χ1n) is 7.79. The number of hydrogen-bond acceptors (Lipinski definition) is 3. The number of halogens is 3. The predicted octanol–water partition coefficient (Wildman–Crippen LogP) is 6.94. The lowest BCUT2D eigenvalue weighted by molar-refractivity contribution is 1.32. The first kappa shape index (κ1) is 17.3. The van der Waals surface area contributed by atoms with Gasteiger partial charge >= 0.3 is 0 Å². The number of hydrogen-bond donors (Lipinski definition) is 1. The molecule has 4 aromatic rings. The number of fused-ring (bicyclic) bond motifs is 3. The fraction of sp³-hybridized carbons (Fsp3) is 0. The molecule has 0 atom stereocenters. The Balaban J connectivity index is 1.80. The van der Waals surface area contributed by atoms with Crippen LogP contribution in [0.15, 0.2) is 65.6 Å². The summed E-state index contributed by atoms with van der Waals surface area (Å²) in [5, 5.41) is 6.25. The molecule has 0 saturated heterocycles. The third-order valence-electron chi connectivity index (χ3n) is 4.03. The van der Waals surface area contributed by atoms with Gasteiger partial charge in [-0.3, -0.25) is 0 Å². The van der Waals surface area contributed by atoms with Crippen molar-refractivity contribution in [3.8, 4) is 0 Å². The van der Waals surface area contributed by atoms with Crippen LogP contribution in [0, 0.1) is 0 Å². The van der Waals surface area contributed by atoms with Crippen molar-refractivity contribution < 1.29 is 0 Å². The zero-order valence-corrected chi connectivity index (χ0v) is 16.5. The van der Waals surface area contributed by atoms with Gasteiger partial charge in [-0.1, -0.05) is 54.0 Å². The number of pyridine rings is 2. The van der Waals surface area contributed by atoms with E-state index in [9.17, 15) is 0 Å². The standard InChI is InChI=1S/C20H12BrCl2N3/c1-11(24-20-14(21)3-2-4-15(20)22)16-9-7-12-5-6-13-8-10-17(23)26-19(13)18(12)25-16/h2-10,24H,1H2. The fourth-order valence-electron chi connectivity index (χ4n) is 2.74. The third-order valence-corrected chi connectivity index (χ3v) is 5.22. The highest BCUT2D eigenvalue weighted by molar-refractivity contribution is 9.10. The van der Waals surface area contributed by atoms with E-state index in [-0.39, 0.29) is 0 Å². The highest BCUT2D eigenvalue weighted by Crippen LogP contribution is 2.33.